The van der Waals surface area contributed by atoms with E-state index in [1.165, 1.54) is 26.4 Å². The lowest BCUT2D eigenvalue weighted by atomic mass is 10.0. The van der Waals surface area contributed by atoms with Crippen molar-refractivity contribution in [3.63, 3.8) is 0 Å². The van der Waals surface area contributed by atoms with E-state index in [1.54, 1.807) is 30.5 Å². The number of nitro benzene ring substituents is 1. The molecule has 11 nitrogen and oxygen atoms in total. The summed E-state index contributed by atoms with van der Waals surface area (Å²) in [4.78, 5) is 29.7. The number of hydrogen-bond acceptors (Lipinski definition) is 7. The highest BCUT2D eigenvalue weighted by Crippen LogP contribution is 2.43. The van der Waals surface area contributed by atoms with E-state index in [0.717, 1.165) is 17.1 Å². The van der Waals surface area contributed by atoms with E-state index in [-0.39, 0.29) is 30.3 Å². The first kappa shape index (κ1) is 26.8. The molecule has 2 unspecified atom stereocenters. The minimum Gasteiger partial charge on any atom is -0.495 e. The predicted molar refractivity (Wildman–Crippen MR) is 154 cm³/mol. The molecule has 1 amide bonds. The summed E-state index contributed by atoms with van der Waals surface area (Å²) in [6.45, 7) is -0.107. The molecule has 40 heavy (non-hydrogen) atoms. The Balaban J connectivity index is 1.62. The van der Waals surface area contributed by atoms with Gasteiger partial charge in [0.15, 0.2) is 5.11 Å². The Morgan fingerprint density at radius 1 is 1.10 bits per heavy atom. The van der Waals surface area contributed by atoms with Gasteiger partial charge in [-0.15, -0.1) is 0 Å². The summed E-state index contributed by atoms with van der Waals surface area (Å²) in [5.41, 5.74) is 3.61. The van der Waals surface area contributed by atoms with Crippen molar-refractivity contribution in [3.05, 3.63) is 107 Å². The van der Waals surface area contributed by atoms with E-state index in [1.807, 2.05) is 52.1 Å². The standard InChI is InChI=1S/C28H26N6O5S/c1-38-17-25(35)30-22-16-20(12-13-24(22)39-2)33-27(26(31-28(33)40)21-6-3-4-14-29-21)23-7-5-15-32(23)18-8-10-19(11-9-18)34(36)37/h3-16,26-27H,17H2,1-2H3,(H,30,35)(H,31,40). The topological polar surface area (TPSA) is 124 Å². The number of nitrogens with one attached hydrogen (secondary N) is 2. The Kier molecular flexibility index (Phi) is 7.71. The number of nitro groups is 1. The van der Waals surface area contributed by atoms with Crippen molar-refractivity contribution in [1.29, 1.82) is 0 Å². The predicted octanol–water partition coefficient (Wildman–Crippen LogP) is 4.55. The Bertz CT molecular complexity index is 1540. The van der Waals surface area contributed by atoms with Gasteiger partial charge in [-0.05, 0) is 66.8 Å². The van der Waals surface area contributed by atoms with Gasteiger partial charge in [-0.1, -0.05) is 6.07 Å². The summed E-state index contributed by atoms with van der Waals surface area (Å²) in [5.74, 6) is 0.161. The normalized spacial score (nSPS) is 16.4. The number of carbonyl (C=O) groups is 1. The molecule has 5 rings (SSSR count). The van der Waals surface area contributed by atoms with Gasteiger partial charge in [-0.2, -0.15) is 0 Å². The fraction of sp³-hybridized carbons (Fsp3) is 0.179. The smallest absolute Gasteiger partial charge is 0.269 e. The van der Waals surface area contributed by atoms with Gasteiger partial charge >= 0.3 is 0 Å². The molecule has 1 aliphatic rings. The van der Waals surface area contributed by atoms with Crippen molar-refractivity contribution in [2.45, 2.75) is 12.1 Å². The molecular formula is C28H26N6O5S. The van der Waals surface area contributed by atoms with E-state index in [2.05, 4.69) is 15.6 Å². The minimum absolute atomic E-state index is 0.00966. The van der Waals surface area contributed by atoms with Gasteiger partial charge in [0.05, 0.1) is 29.5 Å². The zero-order valence-electron chi connectivity index (χ0n) is 21.7. The lowest BCUT2D eigenvalue weighted by Gasteiger charge is -2.29. The maximum Gasteiger partial charge on any atom is 0.269 e. The van der Waals surface area contributed by atoms with Crippen molar-refractivity contribution >= 4 is 40.3 Å². The molecule has 1 saturated heterocycles. The highest BCUT2D eigenvalue weighted by atomic mass is 32.1. The van der Waals surface area contributed by atoms with Crippen molar-refractivity contribution in [3.8, 4) is 11.4 Å². The van der Waals surface area contributed by atoms with Crippen LogP contribution < -0.4 is 20.3 Å². The number of non-ortho nitro benzene ring substituents is 1. The van der Waals surface area contributed by atoms with Gasteiger partial charge in [0.1, 0.15) is 18.4 Å². The first-order valence-corrected chi connectivity index (χ1v) is 12.7. The second-order valence-electron chi connectivity index (χ2n) is 8.94. The number of ether oxygens (including phenoxy) is 2. The molecule has 204 valence electrons. The molecule has 0 saturated carbocycles. The number of amides is 1. The highest BCUT2D eigenvalue weighted by molar-refractivity contribution is 7.80. The fourth-order valence-electron chi connectivity index (χ4n) is 4.80. The molecule has 1 aliphatic heterocycles. The summed E-state index contributed by atoms with van der Waals surface area (Å²) in [5, 5.41) is 17.9. The van der Waals surface area contributed by atoms with Crippen molar-refractivity contribution in [2.75, 3.05) is 31.0 Å². The van der Waals surface area contributed by atoms with Crippen molar-refractivity contribution in [2.24, 2.45) is 0 Å². The molecule has 12 heteroatoms. The lowest BCUT2D eigenvalue weighted by molar-refractivity contribution is -0.384. The van der Waals surface area contributed by atoms with E-state index in [9.17, 15) is 14.9 Å². The van der Waals surface area contributed by atoms with Gasteiger partial charge in [0, 0.05) is 48.7 Å². The number of benzene rings is 2. The molecule has 3 heterocycles. The van der Waals surface area contributed by atoms with E-state index in [4.69, 9.17) is 21.7 Å². The Morgan fingerprint density at radius 2 is 1.88 bits per heavy atom. The van der Waals surface area contributed by atoms with Crippen LogP contribution in [0, 0.1) is 10.1 Å². The number of anilines is 2. The third-order valence-electron chi connectivity index (χ3n) is 6.53. The second-order valence-corrected chi connectivity index (χ2v) is 9.33. The number of thiocarbonyl (C=S) groups is 1. The van der Waals surface area contributed by atoms with Gasteiger partial charge in [-0.3, -0.25) is 19.9 Å². The zero-order chi connectivity index (χ0) is 28.2. The van der Waals surface area contributed by atoms with Crippen LogP contribution in [0.4, 0.5) is 17.1 Å². The van der Waals surface area contributed by atoms with Crippen molar-refractivity contribution < 1.29 is 19.2 Å². The number of hydrogen-bond donors (Lipinski definition) is 2. The number of carbonyl (C=O) groups excluding carboxylic acids is 1. The van der Waals surface area contributed by atoms with Crippen LogP contribution in [-0.4, -0.2) is 46.3 Å². The number of pyridine rings is 1. The maximum atomic E-state index is 12.3. The molecule has 1 fully saturated rings. The summed E-state index contributed by atoms with van der Waals surface area (Å²) >= 11 is 5.85. The highest BCUT2D eigenvalue weighted by Gasteiger charge is 2.42. The van der Waals surface area contributed by atoms with Crippen molar-refractivity contribution in [1.82, 2.24) is 14.9 Å². The SMILES string of the molecule is COCC(=O)Nc1cc(N2C(=S)NC(c3ccccn3)C2c2cccn2-c2ccc([N+](=O)[O-])cc2)ccc1OC. The molecule has 2 aromatic carbocycles. The fourth-order valence-corrected chi connectivity index (χ4v) is 5.15. The molecule has 0 bridgehead atoms. The molecule has 2 aromatic heterocycles. The molecular weight excluding hydrogens is 532 g/mol. The molecule has 2 atom stereocenters. The molecule has 0 aliphatic carbocycles. The van der Waals surface area contributed by atoms with Crippen LogP contribution in [0.5, 0.6) is 5.75 Å². The number of methoxy groups -OCH3 is 2. The van der Waals surface area contributed by atoms with E-state index >= 15 is 0 Å². The van der Waals surface area contributed by atoms with E-state index < -0.39 is 4.92 Å². The Hall–Kier alpha value is -4.81. The van der Waals surface area contributed by atoms with Crippen LogP contribution in [0.25, 0.3) is 5.69 Å². The summed E-state index contributed by atoms with van der Waals surface area (Å²) in [6, 6.07) is 20.7. The first-order valence-electron chi connectivity index (χ1n) is 12.3. The van der Waals surface area contributed by atoms with Gasteiger partial charge in [-0.25, -0.2) is 0 Å². The average molecular weight is 559 g/mol. The Morgan fingerprint density at radius 3 is 2.55 bits per heavy atom. The van der Waals surface area contributed by atoms with Gasteiger partial charge < -0.3 is 29.6 Å². The molecule has 0 radical (unpaired) electrons. The lowest BCUT2D eigenvalue weighted by Crippen LogP contribution is -2.30. The average Bonchev–Trinajstić information content (AvgIpc) is 3.58. The molecule has 4 aromatic rings. The monoisotopic (exact) mass is 558 g/mol. The van der Waals surface area contributed by atoms with Gasteiger partial charge in [0.25, 0.3) is 5.69 Å². The largest absolute Gasteiger partial charge is 0.495 e. The van der Waals surface area contributed by atoms with E-state index in [0.29, 0.717) is 22.2 Å². The number of rotatable bonds is 9. The van der Waals surface area contributed by atoms with Crippen LogP contribution >= 0.6 is 12.2 Å². The molecule has 0 spiro atoms. The zero-order valence-corrected chi connectivity index (χ0v) is 22.5. The first-order chi connectivity index (χ1) is 19.4. The third kappa shape index (κ3) is 5.22. The third-order valence-corrected chi connectivity index (χ3v) is 6.85. The summed E-state index contributed by atoms with van der Waals surface area (Å²) in [6.07, 6.45) is 3.63. The maximum absolute atomic E-state index is 12.3. The Labute approximate surface area is 235 Å². The van der Waals surface area contributed by atoms with Crippen LogP contribution in [0.2, 0.25) is 0 Å². The van der Waals surface area contributed by atoms with Crippen LogP contribution in [0.1, 0.15) is 23.5 Å². The van der Waals surface area contributed by atoms with Crippen LogP contribution in [0.15, 0.2) is 85.2 Å². The number of nitrogens with zero attached hydrogens (tertiary/aromatic N) is 4. The summed E-state index contributed by atoms with van der Waals surface area (Å²) in [7, 11) is 2.98. The van der Waals surface area contributed by atoms with Crippen LogP contribution in [0.3, 0.4) is 0 Å². The number of aromatic nitrogens is 2. The second kappa shape index (κ2) is 11.5. The van der Waals surface area contributed by atoms with Gasteiger partial charge in [0.2, 0.25) is 5.91 Å². The summed E-state index contributed by atoms with van der Waals surface area (Å²) < 4.78 is 12.4. The van der Waals surface area contributed by atoms with Crippen LogP contribution in [-0.2, 0) is 9.53 Å². The molecule has 2 N–H and O–H groups in total. The minimum atomic E-state index is -0.425. The quantitative estimate of drug-likeness (QED) is 0.173.